The minimum atomic E-state index is -0.540. The number of aromatic hydroxyl groups is 1. The molecule has 3 nitrogen and oxygen atoms in total. The van der Waals surface area contributed by atoms with Crippen LogP contribution < -0.4 is 5.63 Å². The summed E-state index contributed by atoms with van der Waals surface area (Å²) in [6.45, 7) is 0. The highest BCUT2D eigenvalue weighted by Crippen LogP contribution is 2.21. The van der Waals surface area contributed by atoms with Gasteiger partial charge in [-0.1, -0.05) is 60.7 Å². The normalized spacial score (nSPS) is 11.6. The first kappa shape index (κ1) is 13.9. The molecule has 0 aliphatic carbocycles. The minimum absolute atomic E-state index is 0.0641. The Kier molecular flexibility index (Phi) is 3.88. The topological polar surface area (TPSA) is 50.4 Å². The fourth-order valence-electron chi connectivity index (χ4n) is 2.20. The van der Waals surface area contributed by atoms with E-state index < -0.39 is 5.63 Å². The van der Waals surface area contributed by atoms with E-state index in [1.54, 1.807) is 30.4 Å². The molecule has 0 bridgehead atoms. The Labute approximate surface area is 127 Å². The minimum Gasteiger partial charge on any atom is -0.507 e. The molecule has 0 fully saturated rings. The van der Waals surface area contributed by atoms with Crippen molar-refractivity contribution in [2.24, 2.45) is 0 Å². The SMILES string of the molecule is O=c1oc(C=CC=Cc2ccccc2)cc2cccc(O)c12. The second-order valence-electron chi connectivity index (χ2n) is 4.81. The van der Waals surface area contributed by atoms with Crippen LogP contribution in [0.2, 0.25) is 0 Å². The number of hydrogen-bond acceptors (Lipinski definition) is 3. The zero-order valence-electron chi connectivity index (χ0n) is 11.8. The van der Waals surface area contributed by atoms with Crippen LogP contribution in [0.25, 0.3) is 22.9 Å². The van der Waals surface area contributed by atoms with E-state index in [0.29, 0.717) is 11.1 Å². The van der Waals surface area contributed by atoms with E-state index in [-0.39, 0.29) is 11.1 Å². The van der Waals surface area contributed by atoms with E-state index in [4.69, 9.17) is 4.42 Å². The Bertz CT molecular complexity index is 903. The summed E-state index contributed by atoms with van der Waals surface area (Å²) >= 11 is 0. The van der Waals surface area contributed by atoms with E-state index in [1.165, 1.54) is 6.07 Å². The van der Waals surface area contributed by atoms with E-state index in [9.17, 15) is 9.90 Å². The molecule has 0 aliphatic rings. The molecular formula is C19H14O3. The zero-order chi connectivity index (χ0) is 15.4. The molecule has 0 saturated heterocycles. The predicted molar refractivity (Wildman–Crippen MR) is 88.7 cm³/mol. The first-order chi connectivity index (χ1) is 10.7. The maximum absolute atomic E-state index is 11.9. The molecular weight excluding hydrogens is 276 g/mol. The van der Waals surface area contributed by atoms with Gasteiger partial charge in [-0.3, -0.25) is 0 Å². The molecule has 2 aromatic carbocycles. The van der Waals surface area contributed by atoms with Crippen molar-refractivity contribution in [2.75, 3.05) is 0 Å². The fourth-order valence-corrected chi connectivity index (χ4v) is 2.20. The number of rotatable bonds is 3. The molecule has 22 heavy (non-hydrogen) atoms. The second kappa shape index (κ2) is 6.14. The lowest BCUT2D eigenvalue weighted by molar-refractivity contribution is 0.472. The molecule has 3 heteroatoms. The second-order valence-corrected chi connectivity index (χ2v) is 4.81. The standard InChI is InChI=1S/C19H14O3/c20-17-12-6-10-15-13-16(22-19(21)18(15)17)11-5-4-9-14-7-2-1-3-8-14/h1-13,20H. The maximum Gasteiger partial charge on any atom is 0.347 e. The summed E-state index contributed by atoms with van der Waals surface area (Å²) in [5, 5.41) is 10.6. The average molecular weight is 290 g/mol. The summed E-state index contributed by atoms with van der Waals surface area (Å²) in [5.74, 6) is 0.381. The monoisotopic (exact) mass is 290 g/mol. The van der Waals surface area contributed by atoms with Crippen molar-refractivity contribution in [3.8, 4) is 5.75 Å². The smallest absolute Gasteiger partial charge is 0.347 e. The molecule has 108 valence electrons. The first-order valence-electron chi connectivity index (χ1n) is 6.90. The molecule has 0 saturated carbocycles. The molecule has 1 N–H and O–H groups in total. The van der Waals surface area contributed by atoms with Gasteiger partial charge < -0.3 is 9.52 Å². The van der Waals surface area contributed by atoms with Crippen LogP contribution in [0.1, 0.15) is 11.3 Å². The van der Waals surface area contributed by atoms with Gasteiger partial charge in [0.05, 0.1) is 0 Å². The van der Waals surface area contributed by atoms with E-state index in [1.807, 2.05) is 42.5 Å². The Hall–Kier alpha value is -3.07. The highest BCUT2D eigenvalue weighted by atomic mass is 16.4. The van der Waals surface area contributed by atoms with Crippen LogP contribution in [0.3, 0.4) is 0 Å². The van der Waals surface area contributed by atoms with Crippen LogP contribution in [-0.4, -0.2) is 5.11 Å². The van der Waals surface area contributed by atoms with Gasteiger partial charge in [-0.05, 0) is 29.2 Å². The van der Waals surface area contributed by atoms with Gasteiger partial charge in [0.2, 0.25) is 0 Å². The average Bonchev–Trinajstić information content (AvgIpc) is 2.52. The highest BCUT2D eigenvalue weighted by Gasteiger charge is 2.06. The lowest BCUT2D eigenvalue weighted by Gasteiger charge is -1.99. The van der Waals surface area contributed by atoms with Crippen molar-refractivity contribution < 1.29 is 9.52 Å². The van der Waals surface area contributed by atoms with E-state index in [0.717, 1.165) is 5.56 Å². The van der Waals surface area contributed by atoms with Crippen molar-refractivity contribution in [3.05, 3.63) is 88.5 Å². The molecule has 1 heterocycles. The molecule has 0 unspecified atom stereocenters. The quantitative estimate of drug-likeness (QED) is 0.734. The number of allylic oxidation sites excluding steroid dienone is 2. The van der Waals surface area contributed by atoms with Crippen LogP contribution in [0.15, 0.2) is 76.0 Å². The number of hydrogen-bond donors (Lipinski definition) is 1. The highest BCUT2D eigenvalue weighted by molar-refractivity contribution is 5.87. The molecule has 0 atom stereocenters. The predicted octanol–water partition coefficient (Wildman–Crippen LogP) is 4.23. The first-order valence-corrected chi connectivity index (χ1v) is 6.90. The number of fused-ring (bicyclic) bond motifs is 1. The van der Waals surface area contributed by atoms with Crippen molar-refractivity contribution in [3.63, 3.8) is 0 Å². The van der Waals surface area contributed by atoms with Crippen LogP contribution in [-0.2, 0) is 0 Å². The Morgan fingerprint density at radius 2 is 1.68 bits per heavy atom. The lowest BCUT2D eigenvalue weighted by atomic mass is 10.1. The third-order valence-electron chi connectivity index (χ3n) is 3.25. The summed E-state index contributed by atoms with van der Waals surface area (Å²) in [7, 11) is 0. The van der Waals surface area contributed by atoms with E-state index >= 15 is 0 Å². The summed E-state index contributed by atoms with van der Waals surface area (Å²) in [5.41, 5.74) is 0.555. The number of benzene rings is 2. The summed E-state index contributed by atoms with van der Waals surface area (Å²) in [6, 6.07) is 16.6. The largest absolute Gasteiger partial charge is 0.507 e. The Balaban J connectivity index is 1.87. The van der Waals surface area contributed by atoms with Crippen LogP contribution in [0.5, 0.6) is 5.75 Å². The zero-order valence-corrected chi connectivity index (χ0v) is 11.8. The van der Waals surface area contributed by atoms with Crippen molar-refractivity contribution >= 4 is 22.9 Å². The van der Waals surface area contributed by atoms with Gasteiger partial charge in [0.15, 0.2) is 0 Å². The van der Waals surface area contributed by atoms with Crippen LogP contribution >= 0.6 is 0 Å². The van der Waals surface area contributed by atoms with Gasteiger partial charge in [-0.25, -0.2) is 4.79 Å². The molecule has 3 aromatic rings. The number of phenols is 1. The van der Waals surface area contributed by atoms with E-state index in [2.05, 4.69) is 0 Å². The maximum atomic E-state index is 11.9. The third kappa shape index (κ3) is 2.99. The Morgan fingerprint density at radius 1 is 0.909 bits per heavy atom. The van der Waals surface area contributed by atoms with Crippen LogP contribution in [0, 0.1) is 0 Å². The molecule has 3 rings (SSSR count). The number of phenolic OH excluding ortho intramolecular Hbond substituents is 1. The van der Waals surface area contributed by atoms with Gasteiger partial charge in [0.25, 0.3) is 0 Å². The van der Waals surface area contributed by atoms with Gasteiger partial charge in [0, 0.05) is 0 Å². The van der Waals surface area contributed by atoms with Gasteiger partial charge in [-0.2, -0.15) is 0 Å². The summed E-state index contributed by atoms with van der Waals surface area (Å²) < 4.78 is 5.19. The Morgan fingerprint density at radius 3 is 2.50 bits per heavy atom. The van der Waals surface area contributed by atoms with Crippen molar-refractivity contribution in [1.82, 2.24) is 0 Å². The van der Waals surface area contributed by atoms with Crippen LogP contribution in [0.4, 0.5) is 0 Å². The molecule has 0 radical (unpaired) electrons. The molecule has 0 amide bonds. The summed E-state index contributed by atoms with van der Waals surface area (Å²) in [4.78, 5) is 11.9. The molecule has 0 aliphatic heterocycles. The third-order valence-corrected chi connectivity index (χ3v) is 3.25. The van der Waals surface area contributed by atoms with Crippen molar-refractivity contribution in [1.29, 1.82) is 0 Å². The molecule has 0 spiro atoms. The lowest BCUT2D eigenvalue weighted by Crippen LogP contribution is -2.00. The van der Waals surface area contributed by atoms with Gasteiger partial charge >= 0.3 is 5.63 Å². The fraction of sp³-hybridized carbons (Fsp3) is 0. The van der Waals surface area contributed by atoms with Crippen molar-refractivity contribution in [2.45, 2.75) is 0 Å². The summed E-state index contributed by atoms with van der Waals surface area (Å²) in [6.07, 6.45) is 7.35. The van der Waals surface area contributed by atoms with Gasteiger partial charge in [-0.15, -0.1) is 0 Å². The van der Waals surface area contributed by atoms with Gasteiger partial charge in [0.1, 0.15) is 16.9 Å². The molecule has 1 aromatic heterocycles.